The maximum absolute atomic E-state index is 14.0. The number of fused-ring (bicyclic) bond motifs is 1. The molecule has 1 N–H and O–H groups in total. The lowest BCUT2D eigenvalue weighted by atomic mass is 9.96. The van der Waals surface area contributed by atoms with Crippen molar-refractivity contribution in [3.8, 4) is 17.2 Å². The molecule has 1 unspecified atom stereocenters. The van der Waals surface area contributed by atoms with Crippen molar-refractivity contribution in [1.82, 2.24) is 5.32 Å². The van der Waals surface area contributed by atoms with Gasteiger partial charge in [0.25, 0.3) is 0 Å². The second-order valence-electron chi connectivity index (χ2n) is 5.96. The minimum atomic E-state index is -1.07. The van der Waals surface area contributed by atoms with E-state index in [1.54, 1.807) is 19.2 Å². The standard InChI is InChI=1S/C19H19F2NO4/c1-24-14-5-3-11-7-13(10-26-16(11)8-14)19(23)22-9-12-4-6-15(25-2)18(21)17(12)20/h3-6,8,13H,7,9-10H2,1-2H3,(H,22,23). The highest BCUT2D eigenvalue weighted by molar-refractivity contribution is 5.79. The Bertz CT molecular complexity index is 825. The molecule has 0 bridgehead atoms. The summed E-state index contributed by atoms with van der Waals surface area (Å²) in [6, 6.07) is 8.15. The Hall–Kier alpha value is -2.83. The predicted octanol–water partition coefficient (Wildman–Crippen LogP) is 2.85. The third kappa shape index (κ3) is 3.56. The van der Waals surface area contributed by atoms with Crippen molar-refractivity contribution in [3.63, 3.8) is 0 Å². The van der Waals surface area contributed by atoms with Crippen molar-refractivity contribution in [3.05, 3.63) is 53.1 Å². The molecular formula is C19H19F2NO4. The Kier molecular flexibility index (Phi) is 5.25. The van der Waals surface area contributed by atoms with Crippen molar-refractivity contribution in [1.29, 1.82) is 0 Å². The maximum atomic E-state index is 14.0. The zero-order valence-electron chi connectivity index (χ0n) is 14.5. The number of ether oxygens (including phenoxy) is 3. The van der Waals surface area contributed by atoms with E-state index in [-0.39, 0.29) is 30.4 Å². The van der Waals surface area contributed by atoms with E-state index < -0.39 is 17.6 Å². The van der Waals surface area contributed by atoms with E-state index in [0.29, 0.717) is 17.9 Å². The van der Waals surface area contributed by atoms with Crippen LogP contribution in [0.25, 0.3) is 0 Å². The van der Waals surface area contributed by atoms with E-state index in [0.717, 1.165) is 5.56 Å². The molecule has 1 atom stereocenters. The number of carbonyl (C=O) groups is 1. The number of hydrogen-bond acceptors (Lipinski definition) is 4. The highest BCUT2D eigenvalue weighted by atomic mass is 19.2. The lowest BCUT2D eigenvalue weighted by Gasteiger charge is -2.25. The molecule has 0 fully saturated rings. The van der Waals surface area contributed by atoms with Gasteiger partial charge in [0.15, 0.2) is 11.6 Å². The third-order valence-corrected chi connectivity index (χ3v) is 4.35. The van der Waals surface area contributed by atoms with E-state index >= 15 is 0 Å². The predicted molar refractivity (Wildman–Crippen MR) is 90.4 cm³/mol. The molecule has 2 aromatic rings. The third-order valence-electron chi connectivity index (χ3n) is 4.35. The summed E-state index contributed by atoms with van der Waals surface area (Å²) in [5.41, 5.74) is 0.956. The van der Waals surface area contributed by atoms with Gasteiger partial charge in [-0.25, -0.2) is 4.39 Å². The summed E-state index contributed by atoms with van der Waals surface area (Å²) >= 11 is 0. The molecule has 7 heteroatoms. The lowest BCUT2D eigenvalue weighted by molar-refractivity contribution is -0.126. The molecule has 0 spiro atoms. The minimum absolute atomic E-state index is 0.0542. The van der Waals surface area contributed by atoms with E-state index in [1.165, 1.54) is 19.2 Å². The molecule has 0 saturated carbocycles. The fourth-order valence-electron chi connectivity index (χ4n) is 2.84. The molecule has 3 rings (SSSR count). The van der Waals surface area contributed by atoms with Crippen LogP contribution >= 0.6 is 0 Å². The lowest BCUT2D eigenvalue weighted by Crippen LogP contribution is -2.37. The van der Waals surface area contributed by atoms with Crippen LogP contribution in [0.5, 0.6) is 17.2 Å². The van der Waals surface area contributed by atoms with Crippen molar-refractivity contribution >= 4 is 5.91 Å². The molecule has 1 heterocycles. The van der Waals surface area contributed by atoms with Crippen LogP contribution in [0.1, 0.15) is 11.1 Å². The number of benzene rings is 2. The first-order chi connectivity index (χ1) is 12.5. The number of methoxy groups -OCH3 is 2. The van der Waals surface area contributed by atoms with Crippen molar-refractivity contribution in [2.75, 3.05) is 20.8 Å². The largest absolute Gasteiger partial charge is 0.497 e. The van der Waals surface area contributed by atoms with E-state index in [1.807, 2.05) is 6.07 Å². The average molecular weight is 363 g/mol. The minimum Gasteiger partial charge on any atom is -0.497 e. The molecule has 1 amide bonds. The summed E-state index contributed by atoms with van der Waals surface area (Å²) in [7, 11) is 2.83. The summed E-state index contributed by atoms with van der Waals surface area (Å²) in [5.74, 6) is -1.57. The Balaban J connectivity index is 1.63. The first-order valence-corrected chi connectivity index (χ1v) is 8.11. The molecule has 0 aliphatic carbocycles. The van der Waals surface area contributed by atoms with Crippen LogP contribution in [-0.2, 0) is 17.8 Å². The second-order valence-corrected chi connectivity index (χ2v) is 5.96. The van der Waals surface area contributed by atoms with Crippen LogP contribution in [0.15, 0.2) is 30.3 Å². The van der Waals surface area contributed by atoms with Gasteiger partial charge in [0, 0.05) is 18.2 Å². The molecule has 1 aliphatic rings. The fraction of sp³-hybridized carbons (Fsp3) is 0.316. The van der Waals surface area contributed by atoms with E-state index in [2.05, 4.69) is 5.32 Å². The maximum Gasteiger partial charge on any atom is 0.227 e. The van der Waals surface area contributed by atoms with Gasteiger partial charge < -0.3 is 19.5 Å². The van der Waals surface area contributed by atoms with Crippen LogP contribution in [0.2, 0.25) is 0 Å². The van der Waals surface area contributed by atoms with Gasteiger partial charge in [-0.2, -0.15) is 4.39 Å². The van der Waals surface area contributed by atoms with Crippen LogP contribution in [-0.4, -0.2) is 26.7 Å². The number of carbonyl (C=O) groups excluding carboxylic acids is 1. The first kappa shape index (κ1) is 18.0. The summed E-state index contributed by atoms with van der Waals surface area (Å²) < 4.78 is 43.2. The number of nitrogens with one attached hydrogen (secondary N) is 1. The summed E-state index contributed by atoms with van der Waals surface area (Å²) in [6.07, 6.45) is 0.505. The summed E-state index contributed by atoms with van der Waals surface area (Å²) in [5, 5.41) is 2.64. The van der Waals surface area contributed by atoms with Gasteiger partial charge in [-0.15, -0.1) is 0 Å². The zero-order chi connectivity index (χ0) is 18.7. The van der Waals surface area contributed by atoms with Crippen LogP contribution in [0.3, 0.4) is 0 Å². The molecule has 26 heavy (non-hydrogen) atoms. The molecule has 5 nitrogen and oxygen atoms in total. The highest BCUT2D eigenvalue weighted by Gasteiger charge is 2.26. The van der Waals surface area contributed by atoms with Gasteiger partial charge in [0.05, 0.1) is 20.1 Å². The molecule has 0 radical (unpaired) electrons. The van der Waals surface area contributed by atoms with Crippen LogP contribution in [0, 0.1) is 17.6 Å². The monoisotopic (exact) mass is 363 g/mol. The van der Waals surface area contributed by atoms with Gasteiger partial charge in [-0.3, -0.25) is 4.79 Å². The number of halogens is 2. The van der Waals surface area contributed by atoms with E-state index in [9.17, 15) is 13.6 Å². The van der Waals surface area contributed by atoms with Gasteiger partial charge in [0.2, 0.25) is 11.7 Å². The SMILES string of the molecule is COc1ccc2c(c1)OCC(C(=O)NCc1ccc(OC)c(F)c1F)C2. The molecular weight excluding hydrogens is 344 g/mol. The average Bonchev–Trinajstić information content (AvgIpc) is 2.68. The van der Waals surface area contributed by atoms with Crippen molar-refractivity contribution < 1.29 is 27.8 Å². The number of hydrogen-bond donors (Lipinski definition) is 1. The van der Waals surface area contributed by atoms with Gasteiger partial charge in [-0.05, 0) is 24.1 Å². The topological polar surface area (TPSA) is 56.8 Å². The first-order valence-electron chi connectivity index (χ1n) is 8.11. The Morgan fingerprint density at radius 3 is 2.73 bits per heavy atom. The van der Waals surface area contributed by atoms with Crippen LogP contribution in [0.4, 0.5) is 8.78 Å². The van der Waals surface area contributed by atoms with Gasteiger partial charge in [-0.1, -0.05) is 12.1 Å². The molecule has 1 aliphatic heterocycles. The van der Waals surface area contributed by atoms with Crippen molar-refractivity contribution in [2.24, 2.45) is 5.92 Å². The normalized spacial score (nSPS) is 15.6. The smallest absolute Gasteiger partial charge is 0.227 e. The number of rotatable bonds is 5. The van der Waals surface area contributed by atoms with E-state index in [4.69, 9.17) is 14.2 Å². The summed E-state index contributed by atoms with van der Waals surface area (Å²) in [4.78, 5) is 12.4. The summed E-state index contributed by atoms with van der Waals surface area (Å²) in [6.45, 7) is 0.100. The van der Waals surface area contributed by atoms with Gasteiger partial charge in [0.1, 0.15) is 18.1 Å². The second kappa shape index (κ2) is 7.59. The molecule has 0 aromatic heterocycles. The Morgan fingerprint density at radius 2 is 2.00 bits per heavy atom. The fourth-order valence-corrected chi connectivity index (χ4v) is 2.84. The molecule has 138 valence electrons. The zero-order valence-corrected chi connectivity index (χ0v) is 14.5. The quantitative estimate of drug-likeness (QED) is 0.888. The Labute approximate surface area is 149 Å². The van der Waals surface area contributed by atoms with Crippen molar-refractivity contribution in [2.45, 2.75) is 13.0 Å². The van der Waals surface area contributed by atoms with Crippen LogP contribution < -0.4 is 19.5 Å². The van der Waals surface area contributed by atoms with Gasteiger partial charge >= 0.3 is 0 Å². The highest BCUT2D eigenvalue weighted by Crippen LogP contribution is 2.31. The Morgan fingerprint density at radius 1 is 1.19 bits per heavy atom. The number of amides is 1. The molecule has 2 aromatic carbocycles. The molecule has 0 saturated heterocycles.